The van der Waals surface area contributed by atoms with E-state index in [2.05, 4.69) is 15.3 Å². The Hall–Kier alpha value is -2.55. The lowest BCUT2D eigenvalue weighted by Gasteiger charge is -2.26. The van der Waals surface area contributed by atoms with Crippen molar-refractivity contribution >= 4 is 16.9 Å². The van der Waals surface area contributed by atoms with E-state index < -0.39 is 5.54 Å². The van der Waals surface area contributed by atoms with Crippen molar-refractivity contribution < 1.29 is 4.79 Å². The van der Waals surface area contributed by atoms with E-state index in [1.54, 1.807) is 12.1 Å². The third-order valence-electron chi connectivity index (χ3n) is 2.93. The first kappa shape index (κ1) is 12.9. The molecule has 0 unspecified atom stereocenters. The Morgan fingerprint density at radius 1 is 1.37 bits per heavy atom. The molecule has 0 spiro atoms. The molecule has 0 bridgehead atoms. The largest absolute Gasteiger partial charge is 0.346 e. The second kappa shape index (κ2) is 4.61. The molecule has 2 rings (SSSR count). The molecule has 0 fully saturated rings. The summed E-state index contributed by atoms with van der Waals surface area (Å²) in [4.78, 5) is 28.0. The van der Waals surface area contributed by atoms with E-state index in [9.17, 15) is 9.59 Å². The monoisotopic (exact) mass is 258 g/mol. The molecule has 3 N–H and O–H groups in total. The molecule has 1 aromatic heterocycles. The second-order valence-corrected chi connectivity index (χ2v) is 4.85. The maximum Gasteiger partial charge on any atom is 0.323 e. The van der Waals surface area contributed by atoms with Crippen LogP contribution in [0.15, 0.2) is 23.0 Å². The van der Waals surface area contributed by atoms with E-state index in [-0.39, 0.29) is 18.0 Å². The molecule has 98 valence electrons. The van der Waals surface area contributed by atoms with Crippen molar-refractivity contribution in [3.05, 3.63) is 34.2 Å². The minimum atomic E-state index is -0.615. The number of rotatable bonds is 3. The van der Waals surface area contributed by atoms with Gasteiger partial charge in [0.15, 0.2) is 0 Å². The molecule has 2 aromatic rings. The molecule has 0 aliphatic carbocycles. The lowest BCUT2D eigenvalue weighted by atomic mass is 9.93. The molecule has 0 radical (unpaired) electrons. The quantitative estimate of drug-likeness (QED) is 0.768. The van der Waals surface area contributed by atoms with Gasteiger partial charge in [0.1, 0.15) is 6.42 Å². The number of carbonyl (C=O) groups is 1. The van der Waals surface area contributed by atoms with E-state index >= 15 is 0 Å². The normalized spacial score (nSPS) is 11.2. The van der Waals surface area contributed by atoms with Crippen LogP contribution in [0.1, 0.15) is 25.8 Å². The first-order chi connectivity index (χ1) is 8.92. The molecular formula is C13H14N4O2. The van der Waals surface area contributed by atoms with Crippen LogP contribution in [0.3, 0.4) is 0 Å². The van der Waals surface area contributed by atoms with Crippen molar-refractivity contribution in [3.8, 4) is 6.07 Å². The molecule has 1 heterocycles. The number of nitriles is 1. The maximum atomic E-state index is 11.5. The second-order valence-electron chi connectivity index (χ2n) is 4.85. The van der Waals surface area contributed by atoms with E-state index in [1.807, 2.05) is 26.0 Å². The van der Waals surface area contributed by atoms with Crippen LogP contribution in [0.25, 0.3) is 11.0 Å². The van der Waals surface area contributed by atoms with Gasteiger partial charge in [-0.1, -0.05) is 6.07 Å². The Morgan fingerprint density at radius 3 is 2.74 bits per heavy atom. The predicted molar refractivity (Wildman–Crippen MR) is 70.3 cm³/mol. The predicted octanol–water partition coefficient (Wildman–Crippen LogP) is 1.12. The van der Waals surface area contributed by atoms with Crippen molar-refractivity contribution in [2.75, 3.05) is 0 Å². The lowest BCUT2D eigenvalue weighted by Crippen LogP contribution is -2.40. The standard InChI is InChI=1S/C13H14N4O2/c1-13(2,17-11(18)5-6-14)8-3-4-9-10(7-8)16-12(19)15-9/h3-4,7H,5H2,1-2H3,(H,17,18)(H2,15,16,19). The Labute approximate surface area is 109 Å². The number of aromatic nitrogens is 2. The van der Waals surface area contributed by atoms with Crippen molar-refractivity contribution in [3.63, 3.8) is 0 Å². The molecule has 0 saturated carbocycles. The molecule has 0 saturated heterocycles. The number of fused-ring (bicyclic) bond motifs is 1. The summed E-state index contributed by atoms with van der Waals surface area (Å²) in [7, 11) is 0. The molecular weight excluding hydrogens is 244 g/mol. The zero-order valence-electron chi connectivity index (χ0n) is 10.7. The topological polar surface area (TPSA) is 102 Å². The van der Waals surface area contributed by atoms with Gasteiger partial charge in [-0.25, -0.2) is 4.79 Å². The molecule has 0 aliphatic rings. The highest BCUT2D eigenvalue weighted by atomic mass is 16.2. The average Bonchev–Trinajstić information content (AvgIpc) is 2.67. The van der Waals surface area contributed by atoms with Gasteiger partial charge in [0.2, 0.25) is 5.91 Å². The molecule has 0 aliphatic heterocycles. The molecule has 19 heavy (non-hydrogen) atoms. The van der Waals surface area contributed by atoms with Crippen LogP contribution in [-0.2, 0) is 10.3 Å². The van der Waals surface area contributed by atoms with Gasteiger partial charge in [0.05, 0.1) is 22.6 Å². The molecule has 6 heteroatoms. The van der Waals surface area contributed by atoms with Crippen molar-refractivity contribution in [2.45, 2.75) is 25.8 Å². The number of nitrogens with zero attached hydrogens (tertiary/aromatic N) is 1. The lowest BCUT2D eigenvalue weighted by molar-refractivity contribution is -0.121. The Morgan fingerprint density at radius 2 is 2.05 bits per heavy atom. The zero-order valence-corrected chi connectivity index (χ0v) is 10.7. The summed E-state index contributed by atoms with van der Waals surface area (Å²) in [5.41, 5.74) is 1.37. The van der Waals surface area contributed by atoms with Gasteiger partial charge in [-0.3, -0.25) is 4.79 Å². The number of carbonyl (C=O) groups excluding carboxylic acids is 1. The van der Waals surface area contributed by atoms with E-state index in [0.29, 0.717) is 11.0 Å². The fourth-order valence-electron chi connectivity index (χ4n) is 1.96. The van der Waals surface area contributed by atoms with Crippen LogP contribution in [0.2, 0.25) is 0 Å². The first-order valence-electron chi connectivity index (χ1n) is 5.83. The van der Waals surface area contributed by atoms with Gasteiger partial charge < -0.3 is 15.3 Å². The Balaban J connectivity index is 2.34. The van der Waals surface area contributed by atoms with Crippen LogP contribution >= 0.6 is 0 Å². The minimum Gasteiger partial charge on any atom is -0.346 e. The van der Waals surface area contributed by atoms with Crippen LogP contribution in [-0.4, -0.2) is 15.9 Å². The number of hydrogen-bond acceptors (Lipinski definition) is 3. The third-order valence-corrected chi connectivity index (χ3v) is 2.93. The number of aromatic amines is 2. The number of amides is 1. The van der Waals surface area contributed by atoms with Gasteiger partial charge in [0.25, 0.3) is 0 Å². The average molecular weight is 258 g/mol. The highest BCUT2D eigenvalue weighted by Crippen LogP contribution is 2.22. The van der Waals surface area contributed by atoms with Gasteiger partial charge >= 0.3 is 5.69 Å². The van der Waals surface area contributed by atoms with Gasteiger partial charge in [-0.05, 0) is 31.5 Å². The summed E-state index contributed by atoms with van der Waals surface area (Å²) in [6.07, 6.45) is -0.174. The van der Waals surface area contributed by atoms with Crippen LogP contribution in [0.4, 0.5) is 0 Å². The summed E-state index contributed by atoms with van der Waals surface area (Å²) in [5.74, 6) is -0.324. The molecule has 0 atom stereocenters. The maximum absolute atomic E-state index is 11.5. The first-order valence-corrected chi connectivity index (χ1v) is 5.83. The highest BCUT2D eigenvalue weighted by molar-refractivity contribution is 5.80. The highest BCUT2D eigenvalue weighted by Gasteiger charge is 2.23. The Bertz CT molecular complexity index is 718. The van der Waals surface area contributed by atoms with Crippen molar-refractivity contribution in [1.82, 2.24) is 15.3 Å². The van der Waals surface area contributed by atoms with E-state index in [4.69, 9.17) is 5.26 Å². The number of benzene rings is 1. The molecule has 1 amide bonds. The number of nitrogens with one attached hydrogen (secondary N) is 3. The number of hydrogen-bond donors (Lipinski definition) is 3. The molecule has 6 nitrogen and oxygen atoms in total. The van der Waals surface area contributed by atoms with Gasteiger partial charge in [-0.2, -0.15) is 5.26 Å². The summed E-state index contributed by atoms with van der Waals surface area (Å²) in [6.45, 7) is 3.68. The van der Waals surface area contributed by atoms with Gasteiger partial charge in [-0.15, -0.1) is 0 Å². The van der Waals surface area contributed by atoms with Crippen molar-refractivity contribution in [1.29, 1.82) is 5.26 Å². The van der Waals surface area contributed by atoms with Crippen LogP contribution in [0.5, 0.6) is 0 Å². The van der Waals surface area contributed by atoms with Gasteiger partial charge in [0, 0.05) is 0 Å². The van der Waals surface area contributed by atoms with Crippen LogP contribution in [0, 0.1) is 11.3 Å². The van der Waals surface area contributed by atoms with E-state index in [1.165, 1.54) is 0 Å². The fourth-order valence-corrected chi connectivity index (χ4v) is 1.96. The Kier molecular flexibility index (Phi) is 3.13. The summed E-state index contributed by atoms with van der Waals surface area (Å²) >= 11 is 0. The molecule has 1 aromatic carbocycles. The third kappa shape index (κ3) is 2.65. The summed E-state index contributed by atoms with van der Waals surface area (Å²) < 4.78 is 0. The van der Waals surface area contributed by atoms with Crippen LogP contribution < -0.4 is 11.0 Å². The minimum absolute atomic E-state index is 0.174. The fraction of sp³-hybridized carbons (Fsp3) is 0.308. The number of imidazole rings is 1. The summed E-state index contributed by atoms with van der Waals surface area (Å²) in [6, 6.07) is 7.23. The smallest absolute Gasteiger partial charge is 0.323 e. The number of H-pyrrole nitrogens is 2. The van der Waals surface area contributed by atoms with Crippen molar-refractivity contribution in [2.24, 2.45) is 0 Å². The summed E-state index contributed by atoms with van der Waals surface area (Å²) in [5, 5.41) is 11.3. The van der Waals surface area contributed by atoms with E-state index in [0.717, 1.165) is 5.56 Å². The SMILES string of the molecule is CC(C)(NC(=O)CC#N)c1ccc2[nH]c(=O)[nH]c2c1. The zero-order chi connectivity index (χ0) is 14.0.